The number of ether oxygens (including phenoxy) is 2. The van der Waals surface area contributed by atoms with Gasteiger partial charge in [-0.2, -0.15) is 0 Å². The Labute approximate surface area is 122 Å². The fraction of sp³-hybridized carbons (Fsp3) is 0.250. The van der Waals surface area contributed by atoms with E-state index in [4.69, 9.17) is 10.5 Å². The first-order valence-corrected chi connectivity index (χ1v) is 6.81. The third kappa shape index (κ3) is 2.67. The van der Waals surface area contributed by atoms with E-state index in [9.17, 15) is 4.79 Å². The lowest BCUT2D eigenvalue weighted by atomic mass is 10.1. The molecule has 1 aliphatic rings. The second-order valence-electron chi connectivity index (χ2n) is 4.99. The molecule has 3 rings (SSSR count). The van der Waals surface area contributed by atoms with Crippen LogP contribution in [-0.2, 0) is 17.6 Å². The molecule has 0 atom stereocenters. The van der Waals surface area contributed by atoms with Crippen molar-refractivity contribution in [1.82, 2.24) is 4.98 Å². The molecule has 0 aliphatic heterocycles. The fourth-order valence-electron chi connectivity index (χ4n) is 2.52. The number of hydrogen-bond acceptors (Lipinski definition) is 5. The lowest BCUT2D eigenvalue weighted by Crippen LogP contribution is -2.06. The number of pyridine rings is 1. The number of fused-ring (bicyclic) bond motifs is 1. The molecular formula is C16H16N2O3. The number of rotatable bonds is 3. The van der Waals surface area contributed by atoms with E-state index >= 15 is 0 Å². The van der Waals surface area contributed by atoms with Crippen LogP contribution in [0.5, 0.6) is 11.6 Å². The van der Waals surface area contributed by atoms with Crippen LogP contribution in [-0.4, -0.2) is 18.1 Å². The lowest BCUT2D eigenvalue weighted by molar-refractivity contribution is 0.0601. The molecule has 1 aromatic carbocycles. The minimum Gasteiger partial charge on any atom is -0.465 e. The van der Waals surface area contributed by atoms with Crippen molar-refractivity contribution in [2.24, 2.45) is 0 Å². The Bertz CT molecular complexity index is 698. The summed E-state index contributed by atoms with van der Waals surface area (Å²) in [5.41, 5.74) is 8.93. The molecule has 2 N–H and O–H groups in total. The van der Waals surface area contributed by atoms with E-state index < -0.39 is 5.97 Å². The first kappa shape index (κ1) is 13.4. The monoisotopic (exact) mass is 284 g/mol. The third-order valence-electron chi connectivity index (χ3n) is 3.61. The lowest BCUT2D eigenvalue weighted by Gasteiger charge is -2.09. The van der Waals surface area contributed by atoms with Crippen molar-refractivity contribution in [1.29, 1.82) is 0 Å². The summed E-state index contributed by atoms with van der Waals surface area (Å²) in [6, 6.07) is 7.52. The Balaban J connectivity index is 1.86. The highest BCUT2D eigenvalue weighted by Crippen LogP contribution is 2.29. The van der Waals surface area contributed by atoms with E-state index in [-0.39, 0.29) is 11.3 Å². The van der Waals surface area contributed by atoms with Crippen molar-refractivity contribution in [3.63, 3.8) is 0 Å². The molecule has 0 saturated heterocycles. The number of esters is 1. The molecule has 21 heavy (non-hydrogen) atoms. The Hall–Kier alpha value is -2.56. The number of methoxy groups -OCH3 is 1. The van der Waals surface area contributed by atoms with E-state index in [1.165, 1.54) is 36.9 Å². The van der Waals surface area contributed by atoms with Gasteiger partial charge in [0.1, 0.15) is 5.75 Å². The predicted molar refractivity (Wildman–Crippen MR) is 78.5 cm³/mol. The van der Waals surface area contributed by atoms with Crippen LogP contribution in [0, 0.1) is 0 Å². The molecule has 0 fully saturated rings. The van der Waals surface area contributed by atoms with E-state index in [1.54, 1.807) is 0 Å². The van der Waals surface area contributed by atoms with Gasteiger partial charge in [-0.3, -0.25) is 0 Å². The number of carbonyl (C=O) groups excluding carboxylic acids is 1. The van der Waals surface area contributed by atoms with E-state index in [2.05, 4.69) is 15.8 Å². The topological polar surface area (TPSA) is 74.4 Å². The Kier molecular flexibility index (Phi) is 3.48. The van der Waals surface area contributed by atoms with Crippen molar-refractivity contribution >= 4 is 11.7 Å². The molecule has 1 aliphatic carbocycles. The zero-order chi connectivity index (χ0) is 14.8. The standard InChI is InChI=1S/C16H16N2O3/c1-20-16(19)13-8-15(18-9-14(13)17)21-12-6-5-10-3-2-4-11(10)7-12/h5-9H,2-4,17H2,1H3. The maximum absolute atomic E-state index is 11.6. The molecule has 2 aromatic rings. The maximum Gasteiger partial charge on any atom is 0.340 e. The molecular weight excluding hydrogens is 268 g/mol. The summed E-state index contributed by atoms with van der Waals surface area (Å²) in [5.74, 6) is 0.528. The van der Waals surface area contributed by atoms with E-state index in [1.807, 2.05) is 12.1 Å². The van der Waals surface area contributed by atoms with Crippen LogP contribution < -0.4 is 10.5 Å². The summed E-state index contributed by atoms with van der Waals surface area (Å²) in [6.07, 6.45) is 4.79. The highest BCUT2D eigenvalue weighted by atomic mass is 16.5. The number of carbonyl (C=O) groups is 1. The maximum atomic E-state index is 11.6. The quantitative estimate of drug-likeness (QED) is 0.877. The summed E-state index contributed by atoms with van der Waals surface area (Å²) < 4.78 is 10.4. The first-order valence-electron chi connectivity index (χ1n) is 6.81. The molecule has 0 bridgehead atoms. The normalized spacial score (nSPS) is 12.8. The van der Waals surface area contributed by atoms with Crippen molar-refractivity contribution in [3.05, 3.63) is 47.2 Å². The molecule has 5 heteroatoms. The molecule has 5 nitrogen and oxygen atoms in total. The minimum absolute atomic E-state index is 0.253. The Morgan fingerprint density at radius 3 is 2.86 bits per heavy atom. The van der Waals surface area contributed by atoms with Gasteiger partial charge in [0.15, 0.2) is 0 Å². The van der Waals surface area contributed by atoms with Crippen LogP contribution >= 0.6 is 0 Å². The summed E-state index contributed by atoms with van der Waals surface area (Å²) in [7, 11) is 1.31. The number of nitrogens with two attached hydrogens (primary N) is 1. The van der Waals surface area contributed by atoms with Gasteiger partial charge in [-0.15, -0.1) is 0 Å². The summed E-state index contributed by atoms with van der Waals surface area (Å²) >= 11 is 0. The molecule has 1 heterocycles. The van der Waals surface area contributed by atoms with E-state index in [0.717, 1.165) is 12.8 Å². The summed E-state index contributed by atoms with van der Waals surface area (Å²) in [5, 5.41) is 0. The van der Waals surface area contributed by atoms with Crippen LogP contribution in [0.15, 0.2) is 30.5 Å². The van der Waals surface area contributed by atoms with Gasteiger partial charge < -0.3 is 15.2 Å². The smallest absolute Gasteiger partial charge is 0.340 e. The molecule has 108 valence electrons. The molecule has 0 saturated carbocycles. The number of benzene rings is 1. The second kappa shape index (κ2) is 5.44. The fourth-order valence-corrected chi connectivity index (χ4v) is 2.52. The van der Waals surface area contributed by atoms with Gasteiger partial charge >= 0.3 is 5.97 Å². The predicted octanol–water partition coefficient (Wildman–Crippen LogP) is 2.73. The van der Waals surface area contributed by atoms with Gasteiger partial charge in [-0.05, 0) is 42.5 Å². The first-order chi connectivity index (χ1) is 10.2. The van der Waals surface area contributed by atoms with Gasteiger partial charge in [0.2, 0.25) is 5.88 Å². The van der Waals surface area contributed by atoms with Gasteiger partial charge in [-0.25, -0.2) is 9.78 Å². The number of nitrogens with zero attached hydrogens (tertiary/aromatic N) is 1. The highest BCUT2D eigenvalue weighted by molar-refractivity contribution is 5.95. The molecule has 1 aromatic heterocycles. The third-order valence-corrected chi connectivity index (χ3v) is 3.61. The number of aromatic nitrogens is 1. The molecule has 0 radical (unpaired) electrons. The van der Waals surface area contributed by atoms with Gasteiger partial charge in [0.25, 0.3) is 0 Å². The van der Waals surface area contributed by atoms with Crippen LogP contribution in [0.1, 0.15) is 27.9 Å². The number of aryl methyl sites for hydroxylation is 2. The SMILES string of the molecule is COC(=O)c1cc(Oc2ccc3c(c2)CCC3)ncc1N. The highest BCUT2D eigenvalue weighted by Gasteiger charge is 2.14. The number of anilines is 1. The zero-order valence-corrected chi connectivity index (χ0v) is 11.8. The zero-order valence-electron chi connectivity index (χ0n) is 11.8. The van der Waals surface area contributed by atoms with Crippen molar-refractivity contribution in [2.45, 2.75) is 19.3 Å². The number of hydrogen-bond donors (Lipinski definition) is 1. The molecule has 0 unspecified atom stereocenters. The van der Waals surface area contributed by atoms with E-state index in [0.29, 0.717) is 11.6 Å². The van der Waals surface area contributed by atoms with Crippen LogP contribution in [0.25, 0.3) is 0 Å². The van der Waals surface area contributed by atoms with Crippen LogP contribution in [0.4, 0.5) is 5.69 Å². The second-order valence-corrected chi connectivity index (χ2v) is 4.99. The average Bonchev–Trinajstić information content (AvgIpc) is 2.96. The largest absolute Gasteiger partial charge is 0.465 e. The summed E-state index contributed by atoms with van der Waals surface area (Å²) in [6.45, 7) is 0. The van der Waals surface area contributed by atoms with Crippen LogP contribution in [0.3, 0.4) is 0 Å². The van der Waals surface area contributed by atoms with Crippen molar-refractivity contribution in [3.8, 4) is 11.6 Å². The van der Waals surface area contributed by atoms with Gasteiger partial charge in [-0.1, -0.05) is 6.07 Å². The van der Waals surface area contributed by atoms with Gasteiger partial charge in [0.05, 0.1) is 24.6 Å². The minimum atomic E-state index is -0.506. The van der Waals surface area contributed by atoms with Gasteiger partial charge in [0, 0.05) is 6.07 Å². The number of nitrogen functional groups attached to an aromatic ring is 1. The van der Waals surface area contributed by atoms with Crippen molar-refractivity contribution < 1.29 is 14.3 Å². The molecule has 0 amide bonds. The van der Waals surface area contributed by atoms with Crippen molar-refractivity contribution in [2.75, 3.05) is 12.8 Å². The van der Waals surface area contributed by atoms with Crippen LogP contribution in [0.2, 0.25) is 0 Å². The average molecular weight is 284 g/mol. The Morgan fingerprint density at radius 1 is 1.24 bits per heavy atom. The summed E-state index contributed by atoms with van der Waals surface area (Å²) in [4.78, 5) is 15.7. The molecule has 0 spiro atoms. The Morgan fingerprint density at radius 2 is 2.05 bits per heavy atom.